The quantitative estimate of drug-likeness (QED) is 0.441. The number of piperazine rings is 1. The minimum Gasteiger partial charge on any atom is -0.497 e. The molecule has 174 valence electrons. The molecule has 7 heteroatoms. The van der Waals surface area contributed by atoms with Crippen molar-refractivity contribution in [1.82, 2.24) is 19.9 Å². The molecule has 0 atom stereocenters. The number of carbonyl (C=O) groups excluding carboxylic acids is 1. The minimum absolute atomic E-state index is 0.0105. The lowest BCUT2D eigenvalue weighted by Gasteiger charge is -2.35. The van der Waals surface area contributed by atoms with E-state index in [1.165, 1.54) is 11.1 Å². The molecule has 0 unspecified atom stereocenters. The molecule has 3 heterocycles. The Labute approximate surface area is 198 Å². The topological polar surface area (TPSA) is 71.7 Å². The molecule has 1 fully saturated rings. The molecule has 1 amide bonds. The fraction of sp³-hybridized carbons (Fsp3) is 0.296. The Balaban J connectivity index is 1.38. The molecule has 1 aliphatic rings. The van der Waals surface area contributed by atoms with Gasteiger partial charge in [0, 0.05) is 38.3 Å². The van der Waals surface area contributed by atoms with E-state index < -0.39 is 0 Å². The fourth-order valence-electron chi connectivity index (χ4n) is 4.52. The maximum absolute atomic E-state index is 13.6. The van der Waals surface area contributed by atoms with E-state index in [1.54, 1.807) is 7.11 Å². The van der Waals surface area contributed by atoms with E-state index in [9.17, 15) is 4.79 Å². The summed E-state index contributed by atoms with van der Waals surface area (Å²) in [6, 6.07) is 18.1. The number of benzene rings is 2. The molecule has 0 aliphatic carbocycles. The van der Waals surface area contributed by atoms with Crippen molar-refractivity contribution in [1.29, 1.82) is 0 Å². The highest BCUT2D eigenvalue weighted by Gasteiger charge is 2.26. The van der Waals surface area contributed by atoms with Crippen LogP contribution in [0, 0.1) is 13.8 Å². The first-order valence-electron chi connectivity index (χ1n) is 11.5. The summed E-state index contributed by atoms with van der Waals surface area (Å²) in [5.41, 5.74) is 5.77. The van der Waals surface area contributed by atoms with Crippen molar-refractivity contribution in [3.8, 4) is 17.0 Å². The summed E-state index contributed by atoms with van der Waals surface area (Å²) < 4.78 is 10.7. The lowest BCUT2D eigenvalue weighted by molar-refractivity contribution is 0.0630. The summed E-state index contributed by atoms with van der Waals surface area (Å²) in [6.07, 6.45) is 0. The van der Waals surface area contributed by atoms with Crippen LogP contribution in [0.3, 0.4) is 0 Å². The third kappa shape index (κ3) is 4.39. The second kappa shape index (κ2) is 9.27. The molecule has 4 aromatic rings. The highest BCUT2D eigenvalue weighted by atomic mass is 16.5. The van der Waals surface area contributed by atoms with Gasteiger partial charge in [-0.3, -0.25) is 9.69 Å². The number of methoxy groups -OCH3 is 1. The molecule has 2 aromatic carbocycles. The van der Waals surface area contributed by atoms with Crippen molar-refractivity contribution in [2.75, 3.05) is 33.3 Å². The van der Waals surface area contributed by atoms with Gasteiger partial charge < -0.3 is 14.2 Å². The number of fused-ring (bicyclic) bond motifs is 1. The Morgan fingerprint density at radius 1 is 1.03 bits per heavy atom. The summed E-state index contributed by atoms with van der Waals surface area (Å²) in [5, 5.41) is 4.76. The summed E-state index contributed by atoms with van der Waals surface area (Å²) >= 11 is 0. The van der Waals surface area contributed by atoms with Gasteiger partial charge in [0.25, 0.3) is 11.6 Å². The van der Waals surface area contributed by atoms with E-state index in [0.717, 1.165) is 30.9 Å². The second-order valence-corrected chi connectivity index (χ2v) is 8.79. The van der Waals surface area contributed by atoms with Gasteiger partial charge in [-0.1, -0.05) is 35.0 Å². The number of rotatable bonds is 5. The molecular formula is C27H28N4O3. The number of hydrogen-bond donors (Lipinski definition) is 0. The molecule has 2 aromatic heterocycles. The first-order valence-corrected chi connectivity index (χ1v) is 11.5. The van der Waals surface area contributed by atoms with Crippen LogP contribution >= 0.6 is 0 Å². The molecule has 0 spiro atoms. The summed E-state index contributed by atoms with van der Waals surface area (Å²) in [6.45, 7) is 7.88. The maximum atomic E-state index is 13.6. The molecule has 0 saturated carbocycles. The van der Waals surface area contributed by atoms with Gasteiger partial charge in [0.1, 0.15) is 5.75 Å². The van der Waals surface area contributed by atoms with E-state index in [4.69, 9.17) is 9.26 Å². The molecule has 34 heavy (non-hydrogen) atoms. The van der Waals surface area contributed by atoms with Crippen molar-refractivity contribution < 1.29 is 14.1 Å². The van der Waals surface area contributed by atoms with Crippen molar-refractivity contribution in [3.05, 3.63) is 77.0 Å². The van der Waals surface area contributed by atoms with Crippen LogP contribution in [0.5, 0.6) is 5.75 Å². The Hall–Kier alpha value is -3.71. The fourth-order valence-corrected chi connectivity index (χ4v) is 4.52. The Morgan fingerprint density at radius 2 is 1.79 bits per heavy atom. The highest BCUT2D eigenvalue weighted by molar-refractivity contribution is 6.07. The van der Waals surface area contributed by atoms with Crippen LogP contribution in [-0.2, 0) is 6.54 Å². The van der Waals surface area contributed by atoms with Crippen molar-refractivity contribution in [2.24, 2.45) is 0 Å². The van der Waals surface area contributed by atoms with Gasteiger partial charge in [-0.05, 0) is 49.7 Å². The average Bonchev–Trinajstić information content (AvgIpc) is 3.24. The van der Waals surface area contributed by atoms with Crippen LogP contribution in [0.15, 0.2) is 59.1 Å². The Bertz CT molecular complexity index is 1320. The average molecular weight is 457 g/mol. The van der Waals surface area contributed by atoms with Crippen LogP contribution in [0.4, 0.5) is 0 Å². The van der Waals surface area contributed by atoms with E-state index in [0.29, 0.717) is 41.1 Å². The number of carbonyl (C=O) groups is 1. The number of aryl methyl sites for hydroxylation is 2. The minimum atomic E-state index is -0.0105. The van der Waals surface area contributed by atoms with Crippen LogP contribution in [-0.4, -0.2) is 59.1 Å². The first-order chi connectivity index (χ1) is 16.5. The normalized spacial score (nSPS) is 14.5. The van der Waals surface area contributed by atoms with Crippen LogP contribution < -0.4 is 4.74 Å². The third-order valence-electron chi connectivity index (χ3n) is 6.38. The Morgan fingerprint density at radius 3 is 2.50 bits per heavy atom. The Kier molecular flexibility index (Phi) is 6.02. The lowest BCUT2D eigenvalue weighted by atomic mass is 10.0. The summed E-state index contributed by atoms with van der Waals surface area (Å²) in [5.74, 6) is 0.754. The van der Waals surface area contributed by atoms with Crippen molar-refractivity contribution in [2.45, 2.75) is 20.4 Å². The highest BCUT2D eigenvalue weighted by Crippen LogP contribution is 2.29. The molecule has 7 nitrogen and oxygen atoms in total. The number of amides is 1. The van der Waals surface area contributed by atoms with Gasteiger partial charge >= 0.3 is 0 Å². The molecule has 5 rings (SSSR count). The maximum Gasteiger partial charge on any atom is 0.259 e. The van der Waals surface area contributed by atoms with E-state index in [-0.39, 0.29) is 5.91 Å². The first kappa shape index (κ1) is 22.1. The molecular weight excluding hydrogens is 428 g/mol. The van der Waals surface area contributed by atoms with Gasteiger partial charge in [0.2, 0.25) is 0 Å². The summed E-state index contributed by atoms with van der Waals surface area (Å²) in [7, 11) is 1.63. The number of pyridine rings is 1. The third-order valence-corrected chi connectivity index (χ3v) is 6.38. The van der Waals surface area contributed by atoms with Gasteiger partial charge in [0.15, 0.2) is 0 Å². The zero-order valence-electron chi connectivity index (χ0n) is 19.7. The lowest BCUT2D eigenvalue weighted by Crippen LogP contribution is -2.48. The predicted octanol–water partition coefficient (Wildman–Crippen LogP) is 4.47. The van der Waals surface area contributed by atoms with Crippen molar-refractivity contribution in [3.63, 3.8) is 0 Å². The smallest absolute Gasteiger partial charge is 0.259 e. The van der Waals surface area contributed by atoms with E-state index in [2.05, 4.69) is 46.2 Å². The van der Waals surface area contributed by atoms with Gasteiger partial charge in [0.05, 0.1) is 29.4 Å². The van der Waals surface area contributed by atoms with Gasteiger partial charge in [-0.25, -0.2) is 4.98 Å². The molecule has 0 bridgehead atoms. The zero-order valence-corrected chi connectivity index (χ0v) is 19.7. The SMILES string of the molecule is COc1ccc(-c2cc(C(=O)N3CCN(Cc4cccc(C)c4)CC3)c3c(C)noc3n2)cc1. The summed E-state index contributed by atoms with van der Waals surface area (Å²) in [4.78, 5) is 22.6. The largest absolute Gasteiger partial charge is 0.497 e. The monoisotopic (exact) mass is 456 g/mol. The molecule has 1 saturated heterocycles. The molecule has 1 aliphatic heterocycles. The number of ether oxygens (including phenoxy) is 1. The molecule has 0 N–H and O–H groups in total. The van der Waals surface area contributed by atoms with Crippen molar-refractivity contribution >= 4 is 17.0 Å². The second-order valence-electron chi connectivity index (χ2n) is 8.79. The van der Waals surface area contributed by atoms with Gasteiger partial charge in [-0.2, -0.15) is 0 Å². The zero-order chi connectivity index (χ0) is 23.7. The standard InChI is InChI=1S/C27H28N4O3/c1-18-5-4-6-20(15-18)17-30-11-13-31(14-12-30)27(32)23-16-24(21-7-9-22(33-3)10-8-21)28-26-25(23)19(2)29-34-26/h4-10,15-16H,11-14,17H2,1-3H3. The molecule has 0 radical (unpaired) electrons. The van der Waals surface area contributed by atoms with E-state index >= 15 is 0 Å². The number of nitrogens with zero attached hydrogens (tertiary/aromatic N) is 4. The van der Waals surface area contributed by atoms with Gasteiger partial charge in [-0.15, -0.1) is 0 Å². The van der Waals surface area contributed by atoms with Crippen LogP contribution in [0.2, 0.25) is 0 Å². The van der Waals surface area contributed by atoms with E-state index in [1.807, 2.05) is 42.2 Å². The van der Waals surface area contributed by atoms with Crippen LogP contribution in [0.1, 0.15) is 27.2 Å². The number of aromatic nitrogens is 2. The predicted molar refractivity (Wildman–Crippen MR) is 131 cm³/mol. The number of hydrogen-bond acceptors (Lipinski definition) is 6. The van der Waals surface area contributed by atoms with Crippen LogP contribution in [0.25, 0.3) is 22.4 Å².